The van der Waals surface area contributed by atoms with Gasteiger partial charge in [-0.3, -0.25) is 14.3 Å². The van der Waals surface area contributed by atoms with E-state index in [1.807, 2.05) is 33.9 Å². The van der Waals surface area contributed by atoms with Crippen molar-refractivity contribution in [2.45, 2.75) is 33.4 Å². The Hall–Kier alpha value is -1.85. The fourth-order valence-electron chi connectivity index (χ4n) is 2.50. The number of aryl methyl sites for hydroxylation is 2. The molecule has 0 aliphatic carbocycles. The van der Waals surface area contributed by atoms with Crippen LogP contribution in [0.15, 0.2) is 6.07 Å². The first-order chi connectivity index (χ1) is 8.90. The quantitative estimate of drug-likeness (QED) is 0.848. The van der Waals surface area contributed by atoms with Crippen LogP contribution >= 0.6 is 0 Å². The topological polar surface area (TPSA) is 67.2 Å². The van der Waals surface area contributed by atoms with Gasteiger partial charge in [0.15, 0.2) is 0 Å². The molecule has 0 spiro atoms. The second kappa shape index (κ2) is 5.03. The van der Waals surface area contributed by atoms with E-state index in [2.05, 4.69) is 10.4 Å². The molecule has 0 radical (unpaired) electrons. The van der Waals surface area contributed by atoms with Crippen LogP contribution < -0.4 is 5.32 Å². The van der Waals surface area contributed by atoms with E-state index in [1.54, 1.807) is 9.58 Å². The molecule has 1 aliphatic rings. The number of hydrogen-bond acceptors (Lipinski definition) is 3. The number of aromatic nitrogens is 2. The summed E-state index contributed by atoms with van der Waals surface area (Å²) in [6, 6.07) is 1.54. The van der Waals surface area contributed by atoms with Crippen LogP contribution in [0.3, 0.4) is 0 Å². The molecule has 1 saturated heterocycles. The molecule has 1 atom stereocenters. The summed E-state index contributed by atoms with van der Waals surface area (Å²) >= 11 is 0. The van der Waals surface area contributed by atoms with Crippen LogP contribution in [0.2, 0.25) is 0 Å². The molecule has 1 aromatic rings. The van der Waals surface area contributed by atoms with Crippen LogP contribution in [0.5, 0.6) is 0 Å². The van der Waals surface area contributed by atoms with Gasteiger partial charge in [-0.2, -0.15) is 5.10 Å². The first-order valence-corrected chi connectivity index (χ1v) is 6.47. The molecular weight excluding hydrogens is 244 g/mol. The van der Waals surface area contributed by atoms with Crippen molar-refractivity contribution in [3.05, 3.63) is 17.5 Å². The SMILES string of the molecule is Cc1cc(CN2C(=O)CNC(=O)C2C(C)C)n(C)n1. The van der Waals surface area contributed by atoms with Crippen LogP contribution in [0.25, 0.3) is 0 Å². The zero-order valence-corrected chi connectivity index (χ0v) is 11.8. The van der Waals surface area contributed by atoms with E-state index >= 15 is 0 Å². The van der Waals surface area contributed by atoms with Crippen molar-refractivity contribution in [3.8, 4) is 0 Å². The highest BCUT2D eigenvalue weighted by molar-refractivity contribution is 5.94. The third kappa shape index (κ3) is 2.62. The van der Waals surface area contributed by atoms with Gasteiger partial charge in [0.1, 0.15) is 6.04 Å². The zero-order chi connectivity index (χ0) is 14.2. The number of nitrogens with zero attached hydrogens (tertiary/aromatic N) is 3. The Kier molecular flexibility index (Phi) is 3.59. The molecule has 0 aromatic carbocycles. The van der Waals surface area contributed by atoms with E-state index in [4.69, 9.17) is 0 Å². The fraction of sp³-hybridized carbons (Fsp3) is 0.615. The number of carbonyl (C=O) groups excluding carboxylic acids is 2. The lowest BCUT2D eigenvalue weighted by molar-refractivity contribution is -0.148. The van der Waals surface area contributed by atoms with Crippen LogP contribution in [-0.2, 0) is 23.2 Å². The van der Waals surface area contributed by atoms with Crippen molar-refractivity contribution >= 4 is 11.8 Å². The Morgan fingerprint density at radius 2 is 2.16 bits per heavy atom. The predicted molar refractivity (Wildman–Crippen MR) is 70.1 cm³/mol. The highest BCUT2D eigenvalue weighted by Gasteiger charge is 2.36. The largest absolute Gasteiger partial charge is 0.345 e. The number of carbonyl (C=O) groups is 2. The van der Waals surface area contributed by atoms with Gasteiger partial charge in [-0.1, -0.05) is 13.8 Å². The molecule has 6 heteroatoms. The van der Waals surface area contributed by atoms with Crippen molar-refractivity contribution in [3.63, 3.8) is 0 Å². The summed E-state index contributed by atoms with van der Waals surface area (Å²) < 4.78 is 1.76. The van der Waals surface area contributed by atoms with Gasteiger partial charge >= 0.3 is 0 Å². The van der Waals surface area contributed by atoms with Crippen molar-refractivity contribution in [1.29, 1.82) is 0 Å². The Morgan fingerprint density at radius 1 is 1.47 bits per heavy atom. The predicted octanol–water partition coefficient (Wildman–Crippen LogP) is 0.212. The van der Waals surface area contributed by atoms with E-state index in [0.29, 0.717) is 6.54 Å². The molecule has 6 nitrogen and oxygen atoms in total. The third-order valence-electron chi connectivity index (χ3n) is 3.40. The fourth-order valence-corrected chi connectivity index (χ4v) is 2.50. The summed E-state index contributed by atoms with van der Waals surface area (Å²) in [5.74, 6) is -0.0378. The Balaban J connectivity index is 2.26. The normalized spacial score (nSPS) is 20.1. The summed E-state index contributed by atoms with van der Waals surface area (Å²) in [7, 11) is 1.85. The van der Waals surface area contributed by atoms with E-state index < -0.39 is 6.04 Å². The lowest BCUT2D eigenvalue weighted by atomic mass is 9.99. The summed E-state index contributed by atoms with van der Waals surface area (Å²) in [6.07, 6.45) is 0. The Labute approximate surface area is 112 Å². The van der Waals surface area contributed by atoms with Crippen LogP contribution in [-0.4, -0.2) is 39.1 Å². The second-order valence-electron chi connectivity index (χ2n) is 5.33. The molecular formula is C13H20N4O2. The molecule has 2 rings (SSSR count). The van der Waals surface area contributed by atoms with E-state index in [-0.39, 0.29) is 24.3 Å². The van der Waals surface area contributed by atoms with E-state index in [0.717, 1.165) is 11.4 Å². The Bertz CT molecular complexity index is 507. The molecule has 104 valence electrons. The van der Waals surface area contributed by atoms with Crippen LogP contribution in [0.1, 0.15) is 25.2 Å². The van der Waals surface area contributed by atoms with Gasteiger partial charge in [0, 0.05) is 7.05 Å². The van der Waals surface area contributed by atoms with Gasteiger partial charge < -0.3 is 10.2 Å². The number of rotatable bonds is 3. The highest BCUT2D eigenvalue weighted by atomic mass is 16.2. The van der Waals surface area contributed by atoms with Gasteiger partial charge in [0.2, 0.25) is 11.8 Å². The van der Waals surface area contributed by atoms with Crippen molar-refractivity contribution in [1.82, 2.24) is 20.0 Å². The molecule has 0 bridgehead atoms. The average Bonchev–Trinajstić information content (AvgIpc) is 2.62. The molecule has 1 aliphatic heterocycles. The van der Waals surface area contributed by atoms with Gasteiger partial charge in [0.05, 0.1) is 24.5 Å². The molecule has 0 saturated carbocycles. The minimum atomic E-state index is -0.406. The summed E-state index contributed by atoms with van der Waals surface area (Å²) in [5, 5.41) is 6.91. The van der Waals surface area contributed by atoms with Gasteiger partial charge in [-0.15, -0.1) is 0 Å². The number of amides is 2. The molecule has 2 heterocycles. The third-order valence-corrected chi connectivity index (χ3v) is 3.40. The molecule has 1 unspecified atom stereocenters. The first-order valence-electron chi connectivity index (χ1n) is 6.47. The average molecular weight is 264 g/mol. The minimum Gasteiger partial charge on any atom is -0.345 e. The van der Waals surface area contributed by atoms with E-state index in [9.17, 15) is 9.59 Å². The molecule has 2 amide bonds. The molecule has 1 aromatic heterocycles. The monoisotopic (exact) mass is 264 g/mol. The van der Waals surface area contributed by atoms with Gasteiger partial charge in [0.25, 0.3) is 0 Å². The molecule has 1 fully saturated rings. The number of piperazine rings is 1. The lowest BCUT2D eigenvalue weighted by Gasteiger charge is -2.37. The van der Waals surface area contributed by atoms with Crippen molar-refractivity contribution in [2.24, 2.45) is 13.0 Å². The zero-order valence-electron chi connectivity index (χ0n) is 11.8. The van der Waals surface area contributed by atoms with Crippen LogP contribution in [0.4, 0.5) is 0 Å². The van der Waals surface area contributed by atoms with Gasteiger partial charge in [-0.25, -0.2) is 0 Å². The maximum atomic E-state index is 12.1. The molecule has 19 heavy (non-hydrogen) atoms. The lowest BCUT2D eigenvalue weighted by Crippen LogP contribution is -2.59. The summed E-state index contributed by atoms with van der Waals surface area (Å²) in [6.45, 7) is 6.31. The minimum absolute atomic E-state index is 0.0443. The highest BCUT2D eigenvalue weighted by Crippen LogP contribution is 2.18. The van der Waals surface area contributed by atoms with Gasteiger partial charge in [-0.05, 0) is 18.9 Å². The standard InChI is InChI=1S/C13H20N4O2/c1-8(2)12-13(19)14-6-11(18)17(12)7-10-5-9(3)15-16(10)4/h5,8,12H,6-7H2,1-4H3,(H,14,19). The van der Waals surface area contributed by atoms with Crippen molar-refractivity contribution < 1.29 is 9.59 Å². The Morgan fingerprint density at radius 3 is 2.68 bits per heavy atom. The smallest absolute Gasteiger partial charge is 0.243 e. The first kappa shape index (κ1) is 13.6. The number of hydrogen-bond donors (Lipinski definition) is 1. The number of nitrogens with one attached hydrogen (secondary N) is 1. The molecule has 1 N–H and O–H groups in total. The maximum Gasteiger partial charge on any atom is 0.243 e. The summed E-state index contributed by atoms with van der Waals surface area (Å²) in [4.78, 5) is 25.7. The summed E-state index contributed by atoms with van der Waals surface area (Å²) in [5.41, 5.74) is 1.85. The van der Waals surface area contributed by atoms with E-state index in [1.165, 1.54) is 0 Å². The maximum absolute atomic E-state index is 12.1. The van der Waals surface area contributed by atoms with Crippen molar-refractivity contribution in [2.75, 3.05) is 6.54 Å². The van der Waals surface area contributed by atoms with Crippen LogP contribution in [0, 0.1) is 12.8 Å². The second-order valence-corrected chi connectivity index (χ2v) is 5.33.